The lowest BCUT2D eigenvalue weighted by Crippen LogP contribution is -2.32. The molecule has 0 atom stereocenters. The van der Waals surface area contributed by atoms with Crippen molar-refractivity contribution in [3.63, 3.8) is 0 Å². The third-order valence-electron chi connectivity index (χ3n) is 6.04. The molecule has 182 valence electrons. The second-order valence-corrected chi connectivity index (χ2v) is 12.1. The van der Waals surface area contributed by atoms with E-state index in [2.05, 4.69) is 10.6 Å². The SMILES string of the molecule is CS(=O)(=O)c1c(NC2CCC(O)CC2)c(F)c(S(N)(=O)=O)c(F)c1NC1CCC(O)CC1. The van der Waals surface area contributed by atoms with Gasteiger partial charge in [0, 0.05) is 18.3 Å². The molecule has 2 aliphatic rings. The number of halogens is 2. The standard InChI is InChI=1S/C19H29F2N3O6S2/c1-31(27,28)19-16(23-10-2-6-12(25)7-3-10)14(20)18(32(22,29)30)15(21)17(19)24-11-4-8-13(26)9-5-11/h10-13,23-26H,2-9H2,1H3,(H2,22,29,30). The molecule has 0 saturated heterocycles. The summed E-state index contributed by atoms with van der Waals surface area (Å²) < 4.78 is 80.0. The molecule has 0 aromatic heterocycles. The summed E-state index contributed by atoms with van der Waals surface area (Å²) in [5.41, 5.74) is -1.31. The number of aliphatic hydroxyl groups excluding tert-OH is 2. The normalized spacial score (nSPS) is 27.2. The van der Waals surface area contributed by atoms with E-state index in [0.717, 1.165) is 6.26 Å². The third-order valence-corrected chi connectivity index (χ3v) is 8.11. The molecule has 0 radical (unpaired) electrons. The Kier molecular flexibility index (Phi) is 7.35. The number of nitrogens with one attached hydrogen (secondary N) is 2. The molecular formula is C19H29F2N3O6S2. The van der Waals surface area contributed by atoms with Crippen LogP contribution in [0.3, 0.4) is 0 Å². The molecule has 0 unspecified atom stereocenters. The van der Waals surface area contributed by atoms with Gasteiger partial charge >= 0.3 is 0 Å². The molecule has 2 aliphatic carbocycles. The monoisotopic (exact) mass is 497 g/mol. The smallest absolute Gasteiger partial charge is 0.244 e. The highest BCUT2D eigenvalue weighted by atomic mass is 32.2. The molecule has 0 heterocycles. The second-order valence-electron chi connectivity index (χ2n) is 8.65. The number of primary sulfonamides is 1. The van der Waals surface area contributed by atoms with E-state index >= 15 is 8.78 Å². The van der Waals surface area contributed by atoms with Crippen molar-refractivity contribution in [2.45, 2.75) is 85.4 Å². The van der Waals surface area contributed by atoms with Crippen LogP contribution >= 0.6 is 0 Å². The lowest BCUT2D eigenvalue weighted by atomic mass is 9.92. The van der Waals surface area contributed by atoms with E-state index in [-0.39, 0.29) is 0 Å². The van der Waals surface area contributed by atoms with E-state index in [0.29, 0.717) is 51.4 Å². The molecule has 32 heavy (non-hydrogen) atoms. The van der Waals surface area contributed by atoms with Gasteiger partial charge in [-0.05, 0) is 51.4 Å². The Morgan fingerprint density at radius 2 is 1.09 bits per heavy atom. The summed E-state index contributed by atoms with van der Waals surface area (Å²) in [7, 11) is -9.11. The number of rotatable bonds is 6. The lowest BCUT2D eigenvalue weighted by molar-refractivity contribution is 0.125. The van der Waals surface area contributed by atoms with Crippen LogP contribution in [0.5, 0.6) is 0 Å². The van der Waals surface area contributed by atoms with Crippen molar-refractivity contribution in [2.24, 2.45) is 5.14 Å². The maximum Gasteiger partial charge on any atom is 0.244 e. The first kappa shape index (κ1) is 25.1. The minimum absolute atomic E-state index is 0.384. The Labute approximate surface area is 186 Å². The van der Waals surface area contributed by atoms with E-state index < -0.39 is 77.0 Å². The van der Waals surface area contributed by atoms with Crippen molar-refractivity contribution in [3.05, 3.63) is 11.6 Å². The van der Waals surface area contributed by atoms with Crippen molar-refractivity contribution in [1.82, 2.24) is 0 Å². The van der Waals surface area contributed by atoms with Crippen LogP contribution in [0.1, 0.15) is 51.4 Å². The van der Waals surface area contributed by atoms with Crippen molar-refractivity contribution < 1.29 is 35.8 Å². The number of anilines is 2. The Hall–Kier alpha value is -1.54. The molecule has 9 nitrogen and oxygen atoms in total. The maximum atomic E-state index is 15.3. The number of hydrogen-bond donors (Lipinski definition) is 5. The van der Waals surface area contributed by atoms with Gasteiger partial charge in [0.15, 0.2) is 26.4 Å². The number of sulfone groups is 1. The molecule has 1 aromatic rings. The van der Waals surface area contributed by atoms with Gasteiger partial charge in [-0.25, -0.2) is 30.8 Å². The Bertz CT molecular complexity index is 1010. The Morgan fingerprint density at radius 1 is 0.750 bits per heavy atom. The molecule has 0 aliphatic heterocycles. The predicted octanol–water partition coefficient (Wildman–Crippen LogP) is 1.45. The first-order valence-electron chi connectivity index (χ1n) is 10.5. The van der Waals surface area contributed by atoms with Crippen LogP contribution in [0.15, 0.2) is 9.79 Å². The summed E-state index contributed by atoms with van der Waals surface area (Å²) >= 11 is 0. The molecule has 1 aromatic carbocycles. The molecule has 0 spiro atoms. The average Bonchev–Trinajstić information content (AvgIpc) is 2.67. The van der Waals surface area contributed by atoms with E-state index in [9.17, 15) is 27.0 Å². The average molecular weight is 498 g/mol. The van der Waals surface area contributed by atoms with Gasteiger partial charge < -0.3 is 20.8 Å². The molecular weight excluding hydrogens is 468 g/mol. The lowest BCUT2D eigenvalue weighted by Gasteiger charge is -2.31. The van der Waals surface area contributed by atoms with Gasteiger partial charge in [-0.15, -0.1) is 0 Å². The zero-order chi connectivity index (χ0) is 23.8. The second kappa shape index (κ2) is 9.37. The maximum absolute atomic E-state index is 15.3. The summed E-state index contributed by atoms with van der Waals surface area (Å²) in [5, 5.41) is 29.9. The molecule has 6 N–H and O–H groups in total. The van der Waals surface area contributed by atoms with Gasteiger partial charge in [0.1, 0.15) is 4.90 Å². The third kappa shape index (κ3) is 5.50. The van der Waals surface area contributed by atoms with E-state index in [1.165, 1.54) is 0 Å². The van der Waals surface area contributed by atoms with Crippen LogP contribution in [-0.2, 0) is 19.9 Å². The highest BCUT2D eigenvalue weighted by Gasteiger charge is 2.36. The van der Waals surface area contributed by atoms with Crippen molar-refractivity contribution in [1.29, 1.82) is 0 Å². The van der Waals surface area contributed by atoms with Crippen molar-refractivity contribution >= 4 is 31.2 Å². The zero-order valence-corrected chi connectivity index (χ0v) is 19.3. The number of aliphatic hydroxyl groups is 2. The van der Waals surface area contributed by atoms with Gasteiger partial charge in [0.2, 0.25) is 10.0 Å². The minimum atomic E-state index is -4.88. The first-order chi connectivity index (χ1) is 14.8. The van der Waals surface area contributed by atoms with Gasteiger partial charge in [-0.3, -0.25) is 0 Å². The van der Waals surface area contributed by atoms with Crippen LogP contribution in [0.25, 0.3) is 0 Å². The van der Waals surface area contributed by atoms with Crippen LogP contribution in [-0.4, -0.2) is 57.6 Å². The molecule has 0 bridgehead atoms. The van der Waals surface area contributed by atoms with Crippen LogP contribution in [0, 0.1) is 11.6 Å². The fourth-order valence-corrected chi connectivity index (χ4v) is 6.12. The Balaban J connectivity index is 2.17. The Morgan fingerprint density at radius 3 is 1.38 bits per heavy atom. The fraction of sp³-hybridized carbons (Fsp3) is 0.684. The highest BCUT2D eigenvalue weighted by molar-refractivity contribution is 7.91. The molecule has 3 rings (SSSR count). The first-order valence-corrected chi connectivity index (χ1v) is 13.9. The fourth-order valence-electron chi connectivity index (χ4n) is 4.37. The highest BCUT2D eigenvalue weighted by Crippen LogP contribution is 2.41. The van der Waals surface area contributed by atoms with Crippen molar-refractivity contribution in [2.75, 3.05) is 16.9 Å². The minimum Gasteiger partial charge on any atom is -0.393 e. The summed E-state index contributed by atoms with van der Waals surface area (Å²) in [6.45, 7) is 0. The quantitative estimate of drug-likeness (QED) is 0.395. The molecule has 0 amide bonds. The molecule has 13 heteroatoms. The number of sulfonamides is 1. The van der Waals surface area contributed by atoms with E-state index in [1.54, 1.807) is 0 Å². The van der Waals surface area contributed by atoms with Crippen molar-refractivity contribution in [3.8, 4) is 0 Å². The number of nitrogens with two attached hydrogens (primary N) is 1. The zero-order valence-electron chi connectivity index (χ0n) is 17.6. The van der Waals surface area contributed by atoms with Gasteiger partial charge in [0.05, 0.1) is 23.6 Å². The summed E-state index contributed by atoms with van der Waals surface area (Å²) in [6, 6.07) is -0.908. The number of benzene rings is 1. The summed E-state index contributed by atoms with van der Waals surface area (Å²) in [4.78, 5) is -2.13. The molecule has 2 fully saturated rings. The largest absolute Gasteiger partial charge is 0.393 e. The van der Waals surface area contributed by atoms with E-state index in [1.807, 2.05) is 0 Å². The number of hydrogen-bond acceptors (Lipinski definition) is 8. The predicted molar refractivity (Wildman–Crippen MR) is 115 cm³/mol. The van der Waals surface area contributed by atoms with Gasteiger partial charge in [-0.2, -0.15) is 0 Å². The topological polar surface area (TPSA) is 159 Å². The summed E-state index contributed by atoms with van der Waals surface area (Å²) in [6.07, 6.45) is 2.84. The van der Waals surface area contributed by atoms with Crippen LogP contribution in [0.2, 0.25) is 0 Å². The van der Waals surface area contributed by atoms with Crippen LogP contribution < -0.4 is 15.8 Å². The van der Waals surface area contributed by atoms with E-state index in [4.69, 9.17) is 5.14 Å². The van der Waals surface area contributed by atoms with Crippen LogP contribution in [0.4, 0.5) is 20.2 Å². The van der Waals surface area contributed by atoms with Gasteiger partial charge in [0.25, 0.3) is 0 Å². The van der Waals surface area contributed by atoms with Gasteiger partial charge in [-0.1, -0.05) is 0 Å². The molecule has 2 saturated carbocycles. The summed E-state index contributed by atoms with van der Waals surface area (Å²) in [5.74, 6) is -3.19.